The molecule has 1 aliphatic heterocycles. The van der Waals surface area contributed by atoms with Gasteiger partial charge in [0.25, 0.3) is 0 Å². The van der Waals surface area contributed by atoms with E-state index in [1.165, 1.54) is 17.3 Å². The van der Waals surface area contributed by atoms with E-state index in [4.69, 9.17) is 16.9 Å². The van der Waals surface area contributed by atoms with Crippen LogP contribution in [0.3, 0.4) is 0 Å². The molecular formula is C12H13ClN2S2. The molecule has 5 heteroatoms. The van der Waals surface area contributed by atoms with Crippen molar-refractivity contribution in [2.45, 2.75) is 5.25 Å². The highest BCUT2D eigenvalue weighted by Crippen LogP contribution is 2.25. The van der Waals surface area contributed by atoms with Gasteiger partial charge < -0.3 is 5.32 Å². The van der Waals surface area contributed by atoms with Crippen LogP contribution in [0.1, 0.15) is 5.56 Å². The highest BCUT2D eigenvalue weighted by Gasteiger charge is 2.13. The van der Waals surface area contributed by atoms with Gasteiger partial charge in [-0.25, -0.2) is 0 Å². The highest BCUT2D eigenvalue weighted by atomic mass is 35.5. The van der Waals surface area contributed by atoms with Crippen LogP contribution in [0.25, 0.3) is 0 Å². The molecule has 1 atom stereocenters. The summed E-state index contributed by atoms with van der Waals surface area (Å²) >= 11 is 10.0. The molecule has 2 nitrogen and oxygen atoms in total. The summed E-state index contributed by atoms with van der Waals surface area (Å²) in [6.07, 6.45) is 0. The Morgan fingerprint density at radius 2 is 2.35 bits per heavy atom. The highest BCUT2D eigenvalue weighted by molar-refractivity contribution is 8.06. The Labute approximate surface area is 115 Å². The van der Waals surface area contributed by atoms with E-state index < -0.39 is 0 Å². The molecule has 0 amide bonds. The summed E-state index contributed by atoms with van der Waals surface area (Å²) in [6, 6.07) is 7.55. The molecule has 0 aromatic heterocycles. The van der Waals surface area contributed by atoms with Gasteiger partial charge in [0, 0.05) is 34.7 Å². The van der Waals surface area contributed by atoms with Crippen molar-refractivity contribution in [1.82, 2.24) is 0 Å². The Bertz CT molecular complexity index is 425. The summed E-state index contributed by atoms with van der Waals surface area (Å²) in [4.78, 5) is 0. The molecule has 1 unspecified atom stereocenters. The summed E-state index contributed by atoms with van der Waals surface area (Å²) in [5.74, 6) is 3.72. The van der Waals surface area contributed by atoms with Crippen LogP contribution >= 0.6 is 35.1 Å². The zero-order chi connectivity index (χ0) is 12.1. The first-order valence-corrected chi connectivity index (χ1v) is 8.00. The third kappa shape index (κ3) is 3.74. The number of nitrogens with zero attached hydrogens (tertiary/aromatic N) is 1. The third-order valence-corrected chi connectivity index (χ3v) is 5.67. The minimum atomic E-state index is 0.517. The average molecular weight is 285 g/mol. The lowest BCUT2D eigenvalue weighted by Crippen LogP contribution is -2.23. The van der Waals surface area contributed by atoms with Crippen molar-refractivity contribution < 1.29 is 0 Å². The van der Waals surface area contributed by atoms with Crippen molar-refractivity contribution in [3.05, 3.63) is 28.8 Å². The standard InChI is InChI=1S/C12H13ClN2S2/c13-12-5-10(2-1-9(12)6-14)15-7-11-8-16-3-4-17-11/h1-2,5,11,15H,3-4,7-8H2. The van der Waals surface area contributed by atoms with E-state index in [1.54, 1.807) is 6.07 Å². The molecule has 1 aliphatic rings. The minimum absolute atomic E-state index is 0.517. The summed E-state index contributed by atoms with van der Waals surface area (Å²) in [5, 5.41) is 13.3. The molecule has 0 spiro atoms. The molecular weight excluding hydrogens is 272 g/mol. The van der Waals surface area contributed by atoms with E-state index in [1.807, 2.05) is 35.7 Å². The fourth-order valence-corrected chi connectivity index (χ4v) is 4.44. The van der Waals surface area contributed by atoms with Crippen LogP contribution in [0, 0.1) is 11.3 Å². The van der Waals surface area contributed by atoms with E-state index in [0.717, 1.165) is 12.2 Å². The number of halogens is 1. The van der Waals surface area contributed by atoms with Gasteiger partial charge in [0.05, 0.1) is 10.6 Å². The zero-order valence-electron chi connectivity index (χ0n) is 9.28. The van der Waals surface area contributed by atoms with E-state index in [9.17, 15) is 0 Å². The molecule has 1 N–H and O–H groups in total. The number of nitriles is 1. The minimum Gasteiger partial charge on any atom is -0.384 e. The van der Waals surface area contributed by atoms with E-state index in [2.05, 4.69) is 11.4 Å². The molecule has 17 heavy (non-hydrogen) atoms. The maximum Gasteiger partial charge on any atom is 0.101 e. The van der Waals surface area contributed by atoms with Crippen LogP contribution in [0.4, 0.5) is 5.69 Å². The van der Waals surface area contributed by atoms with Gasteiger partial charge in [-0.1, -0.05) is 11.6 Å². The molecule has 1 aromatic rings. The quantitative estimate of drug-likeness (QED) is 0.922. The van der Waals surface area contributed by atoms with Crippen LogP contribution in [0.5, 0.6) is 0 Å². The van der Waals surface area contributed by atoms with Gasteiger partial charge in [-0.2, -0.15) is 28.8 Å². The van der Waals surface area contributed by atoms with Crippen LogP contribution < -0.4 is 5.32 Å². The molecule has 90 valence electrons. The summed E-state index contributed by atoms with van der Waals surface area (Å²) in [6.45, 7) is 0.958. The maximum atomic E-state index is 8.78. The fourth-order valence-electron chi connectivity index (χ4n) is 1.60. The molecule has 1 heterocycles. The number of nitrogens with one attached hydrogen (secondary N) is 1. The Morgan fingerprint density at radius 1 is 1.47 bits per heavy atom. The fraction of sp³-hybridized carbons (Fsp3) is 0.417. The number of anilines is 1. The summed E-state index contributed by atoms with van der Waals surface area (Å²) in [5.41, 5.74) is 1.52. The Hall–Kier alpha value is -0.500. The first-order chi connectivity index (χ1) is 8.29. The van der Waals surface area contributed by atoms with E-state index in [-0.39, 0.29) is 0 Å². The van der Waals surface area contributed by atoms with Gasteiger partial charge in [0.15, 0.2) is 0 Å². The van der Waals surface area contributed by atoms with Crippen molar-refractivity contribution >= 4 is 40.8 Å². The summed E-state index contributed by atoms with van der Waals surface area (Å²) in [7, 11) is 0. The van der Waals surface area contributed by atoms with Gasteiger partial charge in [0.1, 0.15) is 6.07 Å². The molecule has 0 aliphatic carbocycles. The van der Waals surface area contributed by atoms with Crippen molar-refractivity contribution in [2.24, 2.45) is 0 Å². The molecule has 0 saturated carbocycles. The molecule has 1 fully saturated rings. The maximum absolute atomic E-state index is 8.78. The second-order valence-corrected chi connectivity index (χ2v) is 6.72. The second-order valence-electron chi connectivity index (χ2n) is 3.76. The number of hydrogen-bond acceptors (Lipinski definition) is 4. The Morgan fingerprint density at radius 3 is 3.00 bits per heavy atom. The predicted molar refractivity (Wildman–Crippen MR) is 78.2 cm³/mol. The number of hydrogen-bond donors (Lipinski definition) is 1. The summed E-state index contributed by atoms with van der Waals surface area (Å²) < 4.78 is 0. The third-order valence-electron chi connectivity index (χ3n) is 2.51. The normalized spacial score (nSPS) is 19.6. The monoisotopic (exact) mass is 284 g/mol. The topological polar surface area (TPSA) is 35.8 Å². The average Bonchev–Trinajstić information content (AvgIpc) is 2.38. The van der Waals surface area contributed by atoms with Crippen LogP contribution in [0.15, 0.2) is 18.2 Å². The van der Waals surface area contributed by atoms with Crippen LogP contribution in [-0.4, -0.2) is 29.1 Å². The van der Waals surface area contributed by atoms with Gasteiger partial charge in [-0.05, 0) is 18.2 Å². The van der Waals surface area contributed by atoms with Crippen molar-refractivity contribution in [3.63, 3.8) is 0 Å². The molecule has 0 bridgehead atoms. The Kier molecular flexibility index (Phi) is 4.90. The lowest BCUT2D eigenvalue weighted by molar-refractivity contribution is 1.00. The molecule has 0 radical (unpaired) electrons. The number of benzene rings is 1. The SMILES string of the molecule is N#Cc1ccc(NCC2CSCCS2)cc1Cl. The van der Waals surface area contributed by atoms with Crippen molar-refractivity contribution in [2.75, 3.05) is 29.1 Å². The van der Waals surface area contributed by atoms with Crippen LogP contribution in [0.2, 0.25) is 5.02 Å². The first kappa shape index (κ1) is 12.9. The van der Waals surface area contributed by atoms with Gasteiger partial charge >= 0.3 is 0 Å². The number of rotatable bonds is 3. The Balaban J connectivity index is 1.90. The smallest absolute Gasteiger partial charge is 0.101 e. The second kappa shape index (κ2) is 6.44. The predicted octanol–water partition coefficient (Wildman–Crippen LogP) is 3.47. The largest absolute Gasteiger partial charge is 0.384 e. The van der Waals surface area contributed by atoms with Crippen molar-refractivity contribution in [1.29, 1.82) is 5.26 Å². The van der Waals surface area contributed by atoms with E-state index >= 15 is 0 Å². The molecule has 1 aromatic carbocycles. The lowest BCUT2D eigenvalue weighted by atomic mass is 10.2. The van der Waals surface area contributed by atoms with Gasteiger partial charge in [-0.15, -0.1) is 0 Å². The zero-order valence-corrected chi connectivity index (χ0v) is 11.7. The number of thioether (sulfide) groups is 2. The first-order valence-electron chi connectivity index (χ1n) is 5.42. The molecule has 1 saturated heterocycles. The lowest BCUT2D eigenvalue weighted by Gasteiger charge is -2.21. The molecule has 2 rings (SSSR count). The van der Waals surface area contributed by atoms with E-state index in [0.29, 0.717) is 15.8 Å². The van der Waals surface area contributed by atoms with Crippen LogP contribution in [-0.2, 0) is 0 Å². The van der Waals surface area contributed by atoms with Crippen molar-refractivity contribution in [3.8, 4) is 6.07 Å². The van der Waals surface area contributed by atoms with Gasteiger partial charge in [-0.3, -0.25) is 0 Å². The van der Waals surface area contributed by atoms with Gasteiger partial charge in [0.2, 0.25) is 0 Å².